The van der Waals surface area contributed by atoms with Gasteiger partial charge in [0.2, 0.25) is 0 Å². The minimum Gasteiger partial charge on any atom is -0.481 e. The molecule has 0 atom stereocenters. The maximum absolute atomic E-state index is 10.7. The number of nitrogens with zero attached hydrogens (tertiary/aromatic N) is 3. The van der Waals surface area contributed by atoms with Crippen molar-refractivity contribution in [2.24, 2.45) is 0 Å². The summed E-state index contributed by atoms with van der Waals surface area (Å²) in [5.41, 5.74) is 0. The summed E-state index contributed by atoms with van der Waals surface area (Å²) in [5, 5.41) is 17.9. The predicted molar refractivity (Wildman–Crippen MR) is 74.7 cm³/mol. The zero-order chi connectivity index (χ0) is 13.4. The lowest BCUT2D eigenvalue weighted by Crippen LogP contribution is -2.02. The molecule has 0 aliphatic heterocycles. The van der Waals surface area contributed by atoms with Crippen LogP contribution in [-0.2, 0) is 4.79 Å². The molecular formula is C12H13N3O2S2. The van der Waals surface area contributed by atoms with Crippen molar-refractivity contribution < 1.29 is 9.90 Å². The monoisotopic (exact) mass is 295 g/mol. The molecule has 0 amide bonds. The van der Waals surface area contributed by atoms with Crippen LogP contribution in [0.5, 0.6) is 0 Å². The predicted octanol–water partition coefficient (Wildman–Crippen LogP) is 2.83. The zero-order valence-corrected chi connectivity index (χ0v) is 12.0. The molecule has 1 N–H and O–H groups in total. The Hall–Kier alpha value is -1.34. The summed E-state index contributed by atoms with van der Waals surface area (Å²) >= 11 is 2.93. The van der Waals surface area contributed by atoms with E-state index in [4.69, 9.17) is 5.11 Å². The number of carboxylic acid groups (broad SMARTS) is 1. The zero-order valence-electron chi connectivity index (χ0n) is 10.4. The first-order chi connectivity index (χ1) is 9.15. The van der Waals surface area contributed by atoms with Crippen LogP contribution in [0, 0.1) is 6.92 Å². The van der Waals surface area contributed by atoms with Crippen LogP contribution < -0.4 is 0 Å². The fourth-order valence-electron chi connectivity index (χ4n) is 1.89. The Kier molecular flexibility index (Phi) is 3.32. The second-order valence-corrected chi connectivity index (χ2v) is 6.73. The van der Waals surface area contributed by atoms with Crippen LogP contribution in [0.25, 0.3) is 10.7 Å². The van der Waals surface area contributed by atoms with Gasteiger partial charge in [-0.2, -0.15) is 0 Å². The molecule has 100 valence electrons. The fourth-order valence-corrected chi connectivity index (χ4v) is 3.46. The molecule has 0 saturated heterocycles. The van der Waals surface area contributed by atoms with E-state index in [-0.39, 0.29) is 5.75 Å². The molecule has 2 aromatic rings. The number of rotatable bonds is 5. The molecule has 3 rings (SSSR count). The highest BCUT2D eigenvalue weighted by atomic mass is 32.2. The van der Waals surface area contributed by atoms with Crippen molar-refractivity contribution in [3.05, 3.63) is 17.0 Å². The summed E-state index contributed by atoms with van der Waals surface area (Å²) in [5.74, 6) is 0.0614. The SMILES string of the molecule is Cc1ccc(-c2nnc(SCC(=O)O)n2C2CC2)s1. The number of thioether (sulfide) groups is 1. The Balaban J connectivity index is 1.94. The second-order valence-electron chi connectivity index (χ2n) is 4.50. The van der Waals surface area contributed by atoms with Crippen LogP contribution >= 0.6 is 23.1 Å². The fraction of sp³-hybridized carbons (Fsp3) is 0.417. The lowest BCUT2D eigenvalue weighted by Gasteiger charge is -2.06. The van der Waals surface area contributed by atoms with Gasteiger partial charge in [-0.25, -0.2) is 0 Å². The Bertz CT molecular complexity index is 616. The van der Waals surface area contributed by atoms with Gasteiger partial charge in [-0.05, 0) is 31.9 Å². The topological polar surface area (TPSA) is 68.0 Å². The van der Waals surface area contributed by atoms with Gasteiger partial charge in [0.15, 0.2) is 11.0 Å². The van der Waals surface area contributed by atoms with E-state index < -0.39 is 5.97 Å². The number of aryl methyl sites for hydroxylation is 1. The van der Waals surface area contributed by atoms with Crippen molar-refractivity contribution in [1.82, 2.24) is 14.8 Å². The molecule has 19 heavy (non-hydrogen) atoms. The van der Waals surface area contributed by atoms with Crippen LogP contribution in [0.1, 0.15) is 23.8 Å². The normalized spacial score (nSPS) is 14.8. The Labute approximate surface area is 118 Å². The standard InChI is InChI=1S/C12H13N3O2S2/c1-7-2-5-9(19-7)11-13-14-12(18-6-10(16)17)15(11)8-3-4-8/h2,5,8H,3-4,6H2,1H3,(H,16,17). The molecular weight excluding hydrogens is 282 g/mol. The van der Waals surface area contributed by atoms with E-state index in [0.717, 1.165) is 23.5 Å². The van der Waals surface area contributed by atoms with E-state index in [9.17, 15) is 4.79 Å². The number of aliphatic carboxylic acids is 1. The third-order valence-corrected chi connectivity index (χ3v) is 4.79. The molecule has 0 radical (unpaired) electrons. The van der Waals surface area contributed by atoms with Crippen molar-refractivity contribution in [2.45, 2.75) is 31.0 Å². The molecule has 2 heterocycles. The second kappa shape index (κ2) is 4.97. The van der Waals surface area contributed by atoms with Gasteiger partial charge < -0.3 is 5.11 Å². The molecule has 1 aliphatic carbocycles. The van der Waals surface area contributed by atoms with Crippen LogP contribution in [0.4, 0.5) is 0 Å². The minimum absolute atomic E-state index is 0.0221. The number of aromatic nitrogens is 3. The summed E-state index contributed by atoms with van der Waals surface area (Å²) in [7, 11) is 0. The quantitative estimate of drug-likeness (QED) is 0.859. The third kappa shape index (κ3) is 2.66. The average Bonchev–Trinajstić information content (AvgIpc) is 2.97. The Morgan fingerprint density at radius 3 is 2.89 bits per heavy atom. The maximum atomic E-state index is 10.7. The smallest absolute Gasteiger partial charge is 0.313 e. The Morgan fingerprint density at radius 1 is 1.53 bits per heavy atom. The molecule has 1 fully saturated rings. The van der Waals surface area contributed by atoms with Crippen LogP contribution in [0.15, 0.2) is 17.3 Å². The van der Waals surface area contributed by atoms with Crippen molar-refractivity contribution >= 4 is 29.1 Å². The average molecular weight is 295 g/mol. The largest absolute Gasteiger partial charge is 0.481 e. The molecule has 0 aromatic carbocycles. The summed E-state index contributed by atoms with van der Waals surface area (Å²) < 4.78 is 2.10. The first kappa shape index (κ1) is 12.7. The lowest BCUT2D eigenvalue weighted by molar-refractivity contribution is -0.133. The maximum Gasteiger partial charge on any atom is 0.313 e. The highest BCUT2D eigenvalue weighted by molar-refractivity contribution is 7.99. The Morgan fingerprint density at radius 2 is 2.32 bits per heavy atom. The van der Waals surface area contributed by atoms with Crippen LogP contribution in [0.3, 0.4) is 0 Å². The summed E-state index contributed by atoms with van der Waals surface area (Å²) in [6.07, 6.45) is 2.24. The van der Waals surface area contributed by atoms with Crippen molar-refractivity contribution in [2.75, 3.05) is 5.75 Å². The summed E-state index contributed by atoms with van der Waals surface area (Å²) in [6.45, 7) is 2.06. The van der Waals surface area contributed by atoms with E-state index in [0.29, 0.717) is 11.2 Å². The van der Waals surface area contributed by atoms with E-state index >= 15 is 0 Å². The first-order valence-corrected chi connectivity index (χ1v) is 7.81. The summed E-state index contributed by atoms with van der Waals surface area (Å²) in [6, 6.07) is 4.55. The number of carboxylic acids is 1. The molecule has 1 aliphatic rings. The number of hydrogen-bond acceptors (Lipinski definition) is 5. The van der Waals surface area contributed by atoms with E-state index in [2.05, 4.69) is 33.8 Å². The van der Waals surface area contributed by atoms with Crippen LogP contribution in [0.2, 0.25) is 0 Å². The van der Waals surface area contributed by atoms with Crippen LogP contribution in [-0.4, -0.2) is 31.6 Å². The van der Waals surface area contributed by atoms with E-state index in [1.165, 1.54) is 16.6 Å². The van der Waals surface area contributed by atoms with Gasteiger partial charge in [-0.3, -0.25) is 9.36 Å². The number of carbonyl (C=O) groups is 1. The number of thiophene rings is 1. The molecule has 2 aromatic heterocycles. The van der Waals surface area contributed by atoms with Crippen molar-refractivity contribution in [3.8, 4) is 10.7 Å². The molecule has 0 bridgehead atoms. The van der Waals surface area contributed by atoms with Crippen molar-refractivity contribution in [3.63, 3.8) is 0 Å². The summed E-state index contributed by atoms with van der Waals surface area (Å²) in [4.78, 5) is 13.0. The minimum atomic E-state index is -0.830. The van der Waals surface area contributed by atoms with Gasteiger partial charge in [0.1, 0.15) is 0 Å². The van der Waals surface area contributed by atoms with Gasteiger partial charge in [-0.1, -0.05) is 11.8 Å². The number of hydrogen-bond donors (Lipinski definition) is 1. The molecule has 0 unspecified atom stereocenters. The van der Waals surface area contributed by atoms with Gasteiger partial charge >= 0.3 is 5.97 Å². The molecule has 1 saturated carbocycles. The van der Waals surface area contributed by atoms with E-state index in [1.54, 1.807) is 11.3 Å². The third-order valence-electron chi connectivity index (χ3n) is 2.86. The highest BCUT2D eigenvalue weighted by Gasteiger charge is 2.30. The molecule has 0 spiro atoms. The van der Waals surface area contributed by atoms with Gasteiger partial charge in [0.05, 0.1) is 10.6 Å². The van der Waals surface area contributed by atoms with Crippen molar-refractivity contribution in [1.29, 1.82) is 0 Å². The molecule has 7 heteroatoms. The van der Waals surface area contributed by atoms with Gasteiger partial charge in [-0.15, -0.1) is 21.5 Å². The van der Waals surface area contributed by atoms with Gasteiger partial charge in [0, 0.05) is 10.9 Å². The highest BCUT2D eigenvalue weighted by Crippen LogP contribution is 2.42. The first-order valence-electron chi connectivity index (χ1n) is 6.01. The lowest BCUT2D eigenvalue weighted by atomic mass is 10.4. The molecule has 5 nitrogen and oxygen atoms in total. The van der Waals surface area contributed by atoms with Gasteiger partial charge in [0.25, 0.3) is 0 Å². The van der Waals surface area contributed by atoms with E-state index in [1.807, 2.05) is 0 Å².